The van der Waals surface area contributed by atoms with E-state index in [9.17, 15) is 4.79 Å². The van der Waals surface area contributed by atoms with Gasteiger partial charge < -0.3 is 15.1 Å². The molecule has 30 heavy (non-hydrogen) atoms. The third-order valence-corrected chi connectivity index (χ3v) is 5.97. The number of amides is 1. The van der Waals surface area contributed by atoms with Crippen LogP contribution in [0.3, 0.4) is 0 Å². The summed E-state index contributed by atoms with van der Waals surface area (Å²) in [7, 11) is 0. The monoisotopic (exact) mass is 398 g/mol. The molecule has 0 saturated carbocycles. The van der Waals surface area contributed by atoms with Crippen LogP contribution in [0, 0.1) is 0 Å². The molecule has 2 aromatic carbocycles. The number of anilines is 4. The van der Waals surface area contributed by atoms with E-state index in [1.807, 2.05) is 29.2 Å². The Morgan fingerprint density at radius 3 is 2.50 bits per heavy atom. The van der Waals surface area contributed by atoms with Crippen LogP contribution in [0.25, 0.3) is 0 Å². The van der Waals surface area contributed by atoms with Gasteiger partial charge in [0.1, 0.15) is 0 Å². The molecule has 3 heterocycles. The zero-order chi connectivity index (χ0) is 20.3. The summed E-state index contributed by atoms with van der Waals surface area (Å²) < 4.78 is 0. The smallest absolute Gasteiger partial charge is 0.259 e. The predicted octanol–water partition coefficient (Wildman–Crippen LogP) is 5.02. The summed E-state index contributed by atoms with van der Waals surface area (Å²) in [4.78, 5) is 21.8. The van der Waals surface area contributed by atoms with Crippen molar-refractivity contribution >= 4 is 28.7 Å². The number of nitrogens with one attached hydrogen (secondary N) is 1. The molecule has 3 aromatic rings. The average Bonchev–Trinajstić information content (AvgIpc) is 3.34. The minimum atomic E-state index is 0.00248. The Bertz CT molecular complexity index is 1040. The van der Waals surface area contributed by atoms with E-state index in [1.54, 1.807) is 12.4 Å². The van der Waals surface area contributed by atoms with Crippen molar-refractivity contribution in [2.45, 2.75) is 25.7 Å². The van der Waals surface area contributed by atoms with Gasteiger partial charge in [0.2, 0.25) is 0 Å². The van der Waals surface area contributed by atoms with Gasteiger partial charge in [0, 0.05) is 42.9 Å². The van der Waals surface area contributed by atoms with Gasteiger partial charge in [0.05, 0.1) is 17.4 Å². The largest absolute Gasteiger partial charge is 0.372 e. The van der Waals surface area contributed by atoms with Crippen LogP contribution >= 0.6 is 0 Å². The summed E-state index contributed by atoms with van der Waals surface area (Å²) in [6.07, 6.45) is 7.96. The maximum atomic E-state index is 13.2. The van der Waals surface area contributed by atoms with Crippen molar-refractivity contribution in [2.75, 3.05) is 34.8 Å². The molecular weight excluding hydrogens is 372 g/mol. The highest BCUT2D eigenvalue weighted by atomic mass is 16.2. The topological polar surface area (TPSA) is 48.5 Å². The summed E-state index contributed by atoms with van der Waals surface area (Å²) in [5, 5.41) is 3.39. The number of pyridine rings is 1. The number of aromatic nitrogens is 1. The van der Waals surface area contributed by atoms with E-state index in [-0.39, 0.29) is 5.91 Å². The van der Waals surface area contributed by atoms with Crippen LogP contribution in [-0.2, 0) is 6.42 Å². The molecule has 0 unspecified atom stereocenters. The maximum absolute atomic E-state index is 13.2. The second-order valence-electron chi connectivity index (χ2n) is 8.02. The zero-order valence-electron chi connectivity index (χ0n) is 17.1. The first-order valence-electron chi connectivity index (χ1n) is 10.7. The van der Waals surface area contributed by atoms with Crippen LogP contribution < -0.4 is 15.1 Å². The second-order valence-corrected chi connectivity index (χ2v) is 8.02. The van der Waals surface area contributed by atoms with E-state index in [1.165, 1.54) is 24.1 Å². The fraction of sp³-hybridized carbons (Fsp3) is 0.280. The lowest BCUT2D eigenvalue weighted by molar-refractivity contribution is 0.0985. The van der Waals surface area contributed by atoms with E-state index in [2.05, 4.69) is 45.5 Å². The number of carbonyl (C=O) groups is 1. The summed E-state index contributed by atoms with van der Waals surface area (Å²) in [5.74, 6) is 0.00248. The Morgan fingerprint density at radius 1 is 0.867 bits per heavy atom. The van der Waals surface area contributed by atoms with Crippen molar-refractivity contribution in [1.82, 2.24) is 4.98 Å². The predicted molar refractivity (Wildman–Crippen MR) is 122 cm³/mol. The van der Waals surface area contributed by atoms with E-state index in [4.69, 9.17) is 0 Å². The minimum absolute atomic E-state index is 0.00248. The summed E-state index contributed by atoms with van der Waals surface area (Å²) in [6.45, 7) is 3.02. The van der Waals surface area contributed by atoms with E-state index >= 15 is 0 Å². The third kappa shape index (κ3) is 3.75. The molecule has 2 aliphatic rings. The molecule has 1 fully saturated rings. The number of carbonyl (C=O) groups excluding carboxylic acids is 1. The first-order valence-corrected chi connectivity index (χ1v) is 10.7. The van der Waals surface area contributed by atoms with Crippen molar-refractivity contribution in [3.63, 3.8) is 0 Å². The number of benzene rings is 2. The molecule has 1 aromatic heterocycles. The first-order chi connectivity index (χ1) is 14.8. The van der Waals surface area contributed by atoms with Gasteiger partial charge >= 0.3 is 0 Å². The molecule has 5 nitrogen and oxygen atoms in total. The molecule has 5 heteroatoms. The molecule has 0 spiro atoms. The minimum Gasteiger partial charge on any atom is -0.372 e. The van der Waals surface area contributed by atoms with Crippen LogP contribution in [0.5, 0.6) is 0 Å². The van der Waals surface area contributed by atoms with Gasteiger partial charge in [-0.15, -0.1) is 0 Å². The highest BCUT2D eigenvalue weighted by molar-refractivity contribution is 6.07. The fourth-order valence-corrected chi connectivity index (χ4v) is 4.42. The van der Waals surface area contributed by atoms with Gasteiger partial charge in [-0.2, -0.15) is 0 Å². The van der Waals surface area contributed by atoms with Gasteiger partial charge in [-0.3, -0.25) is 9.78 Å². The molecule has 2 aliphatic heterocycles. The van der Waals surface area contributed by atoms with Gasteiger partial charge in [0.25, 0.3) is 5.91 Å². The fourth-order valence-electron chi connectivity index (χ4n) is 4.42. The standard InChI is InChI=1S/C25H26N4O/c30-25(29-15-5-7-19-6-1-2-8-24(19)29)20-16-22(18-26-17-20)27-21-9-11-23(12-10-21)28-13-3-4-14-28/h1-2,6,8-12,16-18,27H,3-5,7,13-15H2. The summed E-state index contributed by atoms with van der Waals surface area (Å²) in [5.41, 5.74) is 5.93. The van der Waals surface area contributed by atoms with E-state index in [0.717, 1.165) is 49.5 Å². The highest BCUT2D eigenvalue weighted by Crippen LogP contribution is 2.29. The lowest BCUT2D eigenvalue weighted by atomic mass is 10.0. The molecule has 152 valence electrons. The lowest BCUT2D eigenvalue weighted by Gasteiger charge is -2.29. The molecular formula is C25H26N4O. The Morgan fingerprint density at radius 2 is 1.67 bits per heavy atom. The lowest BCUT2D eigenvalue weighted by Crippen LogP contribution is -2.35. The molecule has 5 rings (SSSR count). The average molecular weight is 399 g/mol. The number of hydrogen-bond donors (Lipinski definition) is 1. The normalized spacial score (nSPS) is 15.7. The van der Waals surface area contributed by atoms with Crippen molar-refractivity contribution in [2.24, 2.45) is 0 Å². The molecule has 1 amide bonds. The summed E-state index contributed by atoms with van der Waals surface area (Å²) >= 11 is 0. The highest BCUT2D eigenvalue weighted by Gasteiger charge is 2.23. The molecule has 0 radical (unpaired) electrons. The van der Waals surface area contributed by atoms with Crippen molar-refractivity contribution in [1.29, 1.82) is 0 Å². The van der Waals surface area contributed by atoms with Gasteiger partial charge in [0.15, 0.2) is 0 Å². The number of nitrogens with zero attached hydrogens (tertiary/aromatic N) is 3. The van der Waals surface area contributed by atoms with Crippen LogP contribution in [0.2, 0.25) is 0 Å². The Hall–Kier alpha value is -3.34. The van der Waals surface area contributed by atoms with Crippen molar-refractivity contribution in [3.05, 3.63) is 78.1 Å². The Balaban J connectivity index is 1.33. The zero-order valence-corrected chi connectivity index (χ0v) is 17.1. The van der Waals surface area contributed by atoms with Crippen LogP contribution in [-0.4, -0.2) is 30.5 Å². The van der Waals surface area contributed by atoms with Crippen LogP contribution in [0.4, 0.5) is 22.7 Å². The first kappa shape index (κ1) is 18.7. The second kappa shape index (κ2) is 8.19. The number of para-hydroxylation sites is 1. The number of hydrogen-bond acceptors (Lipinski definition) is 4. The number of rotatable bonds is 4. The Kier molecular flexibility index (Phi) is 5.10. The SMILES string of the molecule is O=C(c1cncc(Nc2ccc(N3CCCC3)cc2)c1)N1CCCc2ccccc21. The van der Waals surface area contributed by atoms with Crippen molar-refractivity contribution < 1.29 is 4.79 Å². The van der Waals surface area contributed by atoms with Crippen LogP contribution in [0.1, 0.15) is 35.2 Å². The maximum Gasteiger partial charge on any atom is 0.259 e. The van der Waals surface area contributed by atoms with E-state index in [0.29, 0.717) is 5.56 Å². The van der Waals surface area contributed by atoms with Gasteiger partial charge in [-0.25, -0.2) is 0 Å². The molecule has 1 N–H and O–H groups in total. The number of fused-ring (bicyclic) bond motifs is 1. The molecule has 0 bridgehead atoms. The Labute approximate surface area is 177 Å². The van der Waals surface area contributed by atoms with Crippen molar-refractivity contribution in [3.8, 4) is 0 Å². The third-order valence-electron chi connectivity index (χ3n) is 5.97. The summed E-state index contributed by atoms with van der Waals surface area (Å²) in [6, 6.07) is 18.5. The molecule has 0 aliphatic carbocycles. The van der Waals surface area contributed by atoms with Gasteiger partial charge in [-0.05, 0) is 67.6 Å². The van der Waals surface area contributed by atoms with Crippen LogP contribution in [0.15, 0.2) is 67.0 Å². The molecule has 0 atom stereocenters. The number of aryl methyl sites for hydroxylation is 1. The molecule has 1 saturated heterocycles. The van der Waals surface area contributed by atoms with E-state index < -0.39 is 0 Å². The van der Waals surface area contributed by atoms with Gasteiger partial charge in [-0.1, -0.05) is 18.2 Å². The quantitative estimate of drug-likeness (QED) is 0.670.